The average molecular weight is 173 g/mol. The van der Waals surface area contributed by atoms with Crippen molar-refractivity contribution in [3.8, 4) is 0 Å². The molecule has 0 bridgehead atoms. The van der Waals surface area contributed by atoms with Crippen molar-refractivity contribution in [1.29, 1.82) is 0 Å². The van der Waals surface area contributed by atoms with Gasteiger partial charge < -0.3 is 20.0 Å². The van der Waals surface area contributed by atoms with Crippen molar-refractivity contribution in [2.45, 2.75) is 31.9 Å². The summed E-state index contributed by atoms with van der Waals surface area (Å²) in [7, 11) is 0. The maximum absolute atomic E-state index is 10.3. The van der Waals surface area contributed by atoms with E-state index in [9.17, 15) is 9.59 Å². The summed E-state index contributed by atoms with van der Waals surface area (Å²) >= 11 is 0. The first-order valence-electron chi connectivity index (χ1n) is 4.08. The topological polar surface area (TPSA) is 66.4 Å². The molecule has 0 amide bonds. The van der Waals surface area contributed by atoms with Crippen molar-refractivity contribution < 1.29 is 14.7 Å². The van der Waals surface area contributed by atoms with Crippen molar-refractivity contribution in [2.75, 3.05) is 6.54 Å². The number of nitrogens with one attached hydrogen (secondary N) is 1. The van der Waals surface area contributed by atoms with Crippen LogP contribution in [0.5, 0.6) is 0 Å². The first kappa shape index (κ1) is 11.3. The number of carbonyl (C=O) groups excluding carboxylic acids is 2. The van der Waals surface area contributed by atoms with Crippen LogP contribution in [0.25, 0.3) is 0 Å². The van der Waals surface area contributed by atoms with Crippen LogP contribution in [0.4, 0.5) is 0 Å². The molecule has 0 spiro atoms. The lowest BCUT2D eigenvalue weighted by atomic mass is 10.2. The third-order valence-electron chi connectivity index (χ3n) is 1.56. The van der Waals surface area contributed by atoms with Gasteiger partial charge >= 0.3 is 0 Å². The van der Waals surface area contributed by atoms with Gasteiger partial charge in [0.25, 0.3) is 0 Å². The Hall–Kier alpha value is -0.740. The minimum absolute atomic E-state index is 0.359. The van der Waals surface area contributed by atoms with E-state index in [0.717, 1.165) is 12.8 Å². The van der Waals surface area contributed by atoms with Crippen LogP contribution in [0.2, 0.25) is 0 Å². The zero-order valence-electron chi connectivity index (χ0n) is 7.19. The normalized spacial score (nSPS) is 15.2. The lowest BCUT2D eigenvalue weighted by molar-refractivity contribution is -0.121. The highest BCUT2D eigenvalue weighted by Crippen LogP contribution is 1.89. The Morgan fingerprint density at radius 1 is 1.42 bits per heavy atom. The van der Waals surface area contributed by atoms with Crippen LogP contribution in [0, 0.1) is 0 Å². The summed E-state index contributed by atoms with van der Waals surface area (Å²) in [4.78, 5) is 20.4. The van der Waals surface area contributed by atoms with Gasteiger partial charge in [0.15, 0.2) is 6.29 Å². The van der Waals surface area contributed by atoms with E-state index in [1.165, 1.54) is 0 Å². The van der Waals surface area contributed by atoms with E-state index in [-0.39, 0.29) is 0 Å². The van der Waals surface area contributed by atoms with Gasteiger partial charge in [-0.25, -0.2) is 0 Å². The molecule has 2 N–H and O–H groups in total. The summed E-state index contributed by atoms with van der Waals surface area (Å²) < 4.78 is 0. The smallest absolute Gasteiger partial charge is 0.150 e. The summed E-state index contributed by atoms with van der Waals surface area (Å²) in [6.45, 7) is 2.67. The standard InChI is InChI=1S/C8H15NO3/c1-2-3-4-9-7(5-10)8(12)6-11/h5-9,12H,2-4H2,1H3. The summed E-state index contributed by atoms with van der Waals surface area (Å²) in [6.07, 6.45) is 1.62. The number of rotatable bonds is 7. The number of carbonyl (C=O) groups is 2. The second kappa shape index (κ2) is 6.94. The molecule has 0 aliphatic carbocycles. The Morgan fingerprint density at radius 3 is 2.50 bits per heavy atom. The molecule has 0 saturated heterocycles. The van der Waals surface area contributed by atoms with Crippen LogP contribution < -0.4 is 5.32 Å². The summed E-state index contributed by atoms with van der Waals surface area (Å²) in [5.74, 6) is 0. The lowest BCUT2D eigenvalue weighted by Crippen LogP contribution is -2.42. The van der Waals surface area contributed by atoms with Crippen LogP contribution in [-0.2, 0) is 9.59 Å². The largest absolute Gasteiger partial charge is 0.384 e. The molecule has 4 nitrogen and oxygen atoms in total. The minimum Gasteiger partial charge on any atom is -0.384 e. The molecular weight excluding hydrogens is 158 g/mol. The molecule has 0 radical (unpaired) electrons. The van der Waals surface area contributed by atoms with E-state index in [1.807, 2.05) is 6.92 Å². The molecule has 0 aliphatic rings. The predicted molar refractivity (Wildman–Crippen MR) is 44.8 cm³/mol. The fourth-order valence-corrected chi connectivity index (χ4v) is 0.780. The van der Waals surface area contributed by atoms with Gasteiger partial charge in [-0.05, 0) is 13.0 Å². The molecule has 70 valence electrons. The Balaban J connectivity index is 3.66. The first-order chi connectivity index (χ1) is 5.76. The molecule has 0 aromatic heterocycles. The molecule has 0 rings (SSSR count). The zero-order chi connectivity index (χ0) is 9.40. The van der Waals surface area contributed by atoms with Gasteiger partial charge in [0.1, 0.15) is 12.4 Å². The number of aldehydes is 2. The zero-order valence-corrected chi connectivity index (χ0v) is 7.19. The van der Waals surface area contributed by atoms with Crippen molar-refractivity contribution in [3.63, 3.8) is 0 Å². The second-order valence-corrected chi connectivity index (χ2v) is 2.60. The van der Waals surface area contributed by atoms with Gasteiger partial charge in [0.2, 0.25) is 0 Å². The second-order valence-electron chi connectivity index (χ2n) is 2.60. The third-order valence-corrected chi connectivity index (χ3v) is 1.56. The van der Waals surface area contributed by atoms with Crippen molar-refractivity contribution >= 4 is 12.6 Å². The molecular formula is C8H15NO3. The number of hydrogen-bond acceptors (Lipinski definition) is 4. The van der Waals surface area contributed by atoms with Crippen LogP contribution in [0.15, 0.2) is 0 Å². The molecule has 0 heterocycles. The monoisotopic (exact) mass is 173 g/mol. The summed E-state index contributed by atoms with van der Waals surface area (Å²) in [6, 6.07) is -0.756. The summed E-state index contributed by atoms with van der Waals surface area (Å²) in [5, 5.41) is 11.7. The molecule has 0 aromatic rings. The highest BCUT2D eigenvalue weighted by molar-refractivity contribution is 5.69. The number of aliphatic hydroxyl groups is 1. The van der Waals surface area contributed by atoms with Crippen LogP contribution in [0.1, 0.15) is 19.8 Å². The quantitative estimate of drug-likeness (QED) is 0.402. The molecule has 2 unspecified atom stereocenters. The van der Waals surface area contributed by atoms with E-state index in [0.29, 0.717) is 19.1 Å². The lowest BCUT2D eigenvalue weighted by Gasteiger charge is -2.13. The maximum Gasteiger partial charge on any atom is 0.150 e. The van der Waals surface area contributed by atoms with Crippen molar-refractivity contribution in [3.05, 3.63) is 0 Å². The van der Waals surface area contributed by atoms with Gasteiger partial charge in [-0.1, -0.05) is 13.3 Å². The minimum atomic E-state index is -1.22. The Bertz CT molecular complexity index is 138. The van der Waals surface area contributed by atoms with E-state index < -0.39 is 12.1 Å². The van der Waals surface area contributed by atoms with Crippen LogP contribution in [0.3, 0.4) is 0 Å². The SMILES string of the molecule is CCCCNC(C=O)C(O)C=O. The third kappa shape index (κ3) is 4.20. The average Bonchev–Trinajstić information content (AvgIpc) is 2.11. The van der Waals surface area contributed by atoms with Gasteiger partial charge in [-0.3, -0.25) is 0 Å². The fraction of sp³-hybridized carbons (Fsp3) is 0.750. The van der Waals surface area contributed by atoms with Crippen molar-refractivity contribution in [2.24, 2.45) is 0 Å². The predicted octanol–water partition coefficient (Wildman–Crippen LogP) is -0.497. The Kier molecular flexibility index (Phi) is 6.51. The highest BCUT2D eigenvalue weighted by atomic mass is 16.3. The number of hydrogen-bond donors (Lipinski definition) is 2. The van der Waals surface area contributed by atoms with Crippen LogP contribution >= 0.6 is 0 Å². The molecule has 2 atom stereocenters. The highest BCUT2D eigenvalue weighted by Gasteiger charge is 2.15. The molecule has 12 heavy (non-hydrogen) atoms. The van der Waals surface area contributed by atoms with Crippen molar-refractivity contribution in [1.82, 2.24) is 5.32 Å². The molecule has 0 saturated carbocycles. The van der Waals surface area contributed by atoms with E-state index in [1.54, 1.807) is 0 Å². The maximum atomic E-state index is 10.3. The van der Waals surface area contributed by atoms with Gasteiger partial charge in [0, 0.05) is 0 Å². The number of unbranched alkanes of at least 4 members (excludes halogenated alkanes) is 1. The number of aliphatic hydroxyl groups excluding tert-OH is 1. The first-order valence-corrected chi connectivity index (χ1v) is 4.08. The fourth-order valence-electron chi connectivity index (χ4n) is 0.780. The Labute approximate surface area is 72.0 Å². The van der Waals surface area contributed by atoms with Crippen LogP contribution in [-0.4, -0.2) is 36.4 Å². The molecule has 0 aromatic carbocycles. The van der Waals surface area contributed by atoms with Gasteiger partial charge in [0.05, 0.1) is 6.04 Å². The van der Waals surface area contributed by atoms with E-state index in [2.05, 4.69) is 5.32 Å². The van der Waals surface area contributed by atoms with E-state index >= 15 is 0 Å². The molecule has 0 aliphatic heterocycles. The summed E-state index contributed by atoms with van der Waals surface area (Å²) in [5.41, 5.74) is 0. The molecule has 0 fully saturated rings. The van der Waals surface area contributed by atoms with Gasteiger partial charge in [-0.15, -0.1) is 0 Å². The van der Waals surface area contributed by atoms with Gasteiger partial charge in [-0.2, -0.15) is 0 Å². The molecule has 4 heteroatoms. The van der Waals surface area contributed by atoms with E-state index in [4.69, 9.17) is 5.11 Å². The Morgan fingerprint density at radius 2 is 2.08 bits per heavy atom.